The lowest BCUT2D eigenvalue weighted by Crippen LogP contribution is -2.18. The van der Waals surface area contributed by atoms with Crippen molar-refractivity contribution in [3.63, 3.8) is 0 Å². The standard InChI is InChI=1S/C17H21NO2/c1-13(19)16-9-4-5-10-17(16)18(2)12-14-7-6-8-15(11-14)20-3/h4-11,13,19H,12H2,1-3H3/t13-/m0/s1. The largest absolute Gasteiger partial charge is 0.497 e. The fourth-order valence-electron chi connectivity index (χ4n) is 2.32. The van der Waals surface area contributed by atoms with Crippen LogP contribution in [0.2, 0.25) is 0 Å². The monoisotopic (exact) mass is 271 g/mol. The number of ether oxygens (including phenoxy) is 1. The zero-order valence-corrected chi connectivity index (χ0v) is 12.2. The maximum absolute atomic E-state index is 9.86. The molecule has 2 rings (SSSR count). The topological polar surface area (TPSA) is 32.7 Å². The third kappa shape index (κ3) is 3.31. The van der Waals surface area contributed by atoms with Crippen molar-refractivity contribution in [2.45, 2.75) is 19.6 Å². The number of aliphatic hydroxyl groups excluding tert-OH is 1. The predicted octanol–water partition coefficient (Wildman–Crippen LogP) is 3.38. The summed E-state index contributed by atoms with van der Waals surface area (Å²) in [5.74, 6) is 0.861. The molecule has 0 spiro atoms. The highest BCUT2D eigenvalue weighted by Crippen LogP contribution is 2.26. The SMILES string of the molecule is COc1cccc(CN(C)c2ccccc2[C@H](C)O)c1. The molecule has 2 aromatic rings. The van der Waals surface area contributed by atoms with Crippen LogP contribution in [0.25, 0.3) is 0 Å². The second kappa shape index (κ2) is 6.44. The molecule has 0 aliphatic heterocycles. The van der Waals surface area contributed by atoms with Crippen LogP contribution in [0.1, 0.15) is 24.2 Å². The number of rotatable bonds is 5. The van der Waals surface area contributed by atoms with Crippen LogP contribution in [-0.2, 0) is 6.54 Å². The number of para-hydroxylation sites is 1. The molecule has 106 valence electrons. The molecule has 0 fully saturated rings. The van der Waals surface area contributed by atoms with Crippen molar-refractivity contribution in [1.29, 1.82) is 0 Å². The van der Waals surface area contributed by atoms with Gasteiger partial charge < -0.3 is 14.7 Å². The molecule has 3 nitrogen and oxygen atoms in total. The second-order valence-electron chi connectivity index (χ2n) is 4.94. The van der Waals surface area contributed by atoms with Crippen LogP contribution in [0.5, 0.6) is 5.75 Å². The number of benzene rings is 2. The first-order valence-corrected chi connectivity index (χ1v) is 6.73. The summed E-state index contributed by atoms with van der Waals surface area (Å²) in [5.41, 5.74) is 3.16. The normalized spacial score (nSPS) is 12.0. The van der Waals surface area contributed by atoms with E-state index in [9.17, 15) is 5.11 Å². The minimum absolute atomic E-state index is 0.473. The summed E-state index contributed by atoms with van der Waals surface area (Å²) >= 11 is 0. The van der Waals surface area contributed by atoms with Crippen molar-refractivity contribution < 1.29 is 9.84 Å². The zero-order valence-electron chi connectivity index (χ0n) is 12.2. The molecule has 0 saturated heterocycles. The molecule has 1 N–H and O–H groups in total. The van der Waals surface area contributed by atoms with Gasteiger partial charge in [0.05, 0.1) is 13.2 Å². The van der Waals surface area contributed by atoms with E-state index < -0.39 is 6.10 Å². The highest BCUT2D eigenvalue weighted by molar-refractivity contribution is 5.54. The van der Waals surface area contributed by atoms with Crippen molar-refractivity contribution in [2.75, 3.05) is 19.1 Å². The number of nitrogens with zero attached hydrogens (tertiary/aromatic N) is 1. The Bertz CT molecular complexity index is 566. The van der Waals surface area contributed by atoms with E-state index in [4.69, 9.17) is 4.74 Å². The molecule has 2 aromatic carbocycles. The zero-order chi connectivity index (χ0) is 14.5. The lowest BCUT2D eigenvalue weighted by Gasteiger charge is -2.24. The van der Waals surface area contributed by atoms with Crippen LogP contribution in [0.15, 0.2) is 48.5 Å². The number of hydrogen-bond acceptors (Lipinski definition) is 3. The van der Waals surface area contributed by atoms with Gasteiger partial charge in [0.25, 0.3) is 0 Å². The van der Waals surface area contributed by atoms with Gasteiger partial charge in [-0.1, -0.05) is 30.3 Å². The Morgan fingerprint density at radius 3 is 2.60 bits per heavy atom. The molecule has 0 unspecified atom stereocenters. The Hall–Kier alpha value is -2.00. The molecule has 20 heavy (non-hydrogen) atoms. The quantitative estimate of drug-likeness (QED) is 0.905. The van der Waals surface area contributed by atoms with Crippen LogP contribution in [0.4, 0.5) is 5.69 Å². The van der Waals surface area contributed by atoms with Gasteiger partial charge in [-0.05, 0) is 30.7 Å². The van der Waals surface area contributed by atoms with Crippen molar-refractivity contribution >= 4 is 5.69 Å². The van der Waals surface area contributed by atoms with Gasteiger partial charge in [0.2, 0.25) is 0 Å². The summed E-state index contributed by atoms with van der Waals surface area (Å²) in [6.45, 7) is 2.55. The van der Waals surface area contributed by atoms with Crippen molar-refractivity contribution in [2.24, 2.45) is 0 Å². The van der Waals surface area contributed by atoms with E-state index in [0.29, 0.717) is 0 Å². The molecular weight excluding hydrogens is 250 g/mol. The maximum Gasteiger partial charge on any atom is 0.119 e. The average Bonchev–Trinajstić information content (AvgIpc) is 2.47. The number of methoxy groups -OCH3 is 1. The molecule has 0 aromatic heterocycles. The molecule has 0 amide bonds. The minimum Gasteiger partial charge on any atom is -0.497 e. The molecule has 0 aliphatic carbocycles. The Kier molecular flexibility index (Phi) is 4.64. The summed E-state index contributed by atoms with van der Waals surface area (Å²) in [6, 6.07) is 16.0. The van der Waals surface area contributed by atoms with Gasteiger partial charge in [-0.25, -0.2) is 0 Å². The number of aliphatic hydroxyl groups is 1. The Labute approximate surface area is 120 Å². The van der Waals surface area contributed by atoms with E-state index in [-0.39, 0.29) is 0 Å². The van der Waals surface area contributed by atoms with E-state index in [1.54, 1.807) is 14.0 Å². The van der Waals surface area contributed by atoms with Crippen LogP contribution in [0, 0.1) is 0 Å². The van der Waals surface area contributed by atoms with Crippen molar-refractivity contribution in [3.05, 3.63) is 59.7 Å². The molecule has 1 atom stereocenters. The number of anilines is 1. The van der Waals surface area contributed by atoms with Crippen molar-refractivity contribution in [3.8, 4) is 5.75 Å². The molecule has 0 saturated carbocycles. The Morgan fingerprint density at radius 1 is 1.15 bits per heavy atom. The van der Waals surface area contributed by atoms with E-state index in [0.717, 1.165) is 23.5 Å². The molecular formula is C17H21NO2. The third-order valence-corrected chi connectivity index (χ3v) is 3.35. The molecule has 0 aliphatic rings. The summed E-state index contributed by atoms with van der Waals surface area (Å²) in [4.78, 5) is 2.14. The number of hydrogen-bond donors (Lipinski definition) is 1. The fraction of sp³-hybridized carbons (Fsp3) is 0.294. The third-order valence-electron chi connectivity index (χ3n) is 3.35. The van der Waals surface area contributed by atoms with Gasteiger partial charge in [-0.15, -0.1) is 0 Å². The van der Waals surface area contributed by atoms with E-state index >= 15 is 0 Å². The fourth-order valence-corrected chi connectivity index (χ4v) is 2.32. The van der Waals surface area contributed by atoms with Crippen LogP contribution in [0.3, 0.4) is 0 Å². The van der Waals surface area contributed by atoms with Gasteiger partial charge in [0.15, 0.2) is 0 Å². The van der Waals surface area contributed by atoms with Gasteiger partial charge in [-0.2, -0.15) is 0 Å². The van der Waals surface area contributed by atoms with Gasteiger partial charge in [-0.3, -0.25) is 0 Å². The first-order chi connectivity index (χ1) is 9.61. The molecule has 3 heteroatoms. The lowest BCUT2D eigenvalue weighted by molar-refractivity contribution is 0.199. The van der Waals surface area contributed by atoms with E-state index in [2.05, 4.69) is 11.0 Å². The van der Waals surface area contributed by atoms with Gasteiger partial charge >= 0.3 is 0 Å². The maximum atomic E-state index is 9.86. The Morgan fingerprint density at radius 2 is 1.90 bits per heavy atom. The summed E-state index contributed by atoms with van der Waals surface area (Å²) < 4.78 is 5.25. The Balaban J connectivity index is 2.21. The summed E-state index contributed by atoms with van der Waals surface area (Å²) in [7, 11) is 3.70. The molecule has 0 heterocycles. The van der Waals surface area contributed by atoms with Crippen molar-refractivity contribution in [1.82, 2.24) is 0 Å². The molecule has 0 radical (unpaired) electrons. The first kappa shape index (κ1) is 14.4. The predicted molar refractivity (Wildman–Crippen MR) is 82.2 cm³/mol. The summed E-state index contributed by atoms with van der Waals surface area (Å²) in [6.07, 6.45) is -0.473. The van der Waals surface area contributed by atoms with Crippen LogP contribution < -0.4 is 9.64 Å². The van der Waals surface area contributed by atoms with Gasteiger partial charge in [0, 0.05) is 24.8 Å². The van der Waals surface area contributed by atoms with E-state index in [1.165, 1.54) is 5.56 Å². The second-order valence-corrected chi connectivity index (χ2v) is 4.94. The first-order valence-electron chi connectivity index (χ1n) is 6.73. The minimum atomic E-state index is -0.473. The average molecular weight is 271 g/mol. The highest BCUT2D eigenvalue weighted by atomic mass is 16.5. The molecule has 0 bridgehead atoms. The lowest BCUT2D eigenvalue weighted by atomic mass is 10.1. The summed E-state index contributed by atoms with van der Waals surface area (Å²) in [5, 5.41) is 9.86. The smallest absolute Gasteiger partial charge is 0.119 e. The van der Waals surface area contributed by atoms with Crippen LogP contribution >= 0.6 is 0 Å². The van der Waals surface area contributed by atoms with E-state index in [1.807, 2.05) is 49.5 Å². The highest BCUT2D eigenvalue weighted by Gasteiger charge is 2.11. The van der Waals surface area contributed by atoms with Crippen LogP contribution in [-0.4, -0.2) is 19.3 Å². The van der Waals surface area contributed by atoms with Gasteiger partial charge in [0.1, 0.15) is 5.75 Å².